The lowest BCUT2D eigenvalue weighted by atomic mass is 10.1. The second-order valence-corrected chi connectivity index (χ2v) is 8.75. The number of methoxy groups -OCH3 is 1. The number of thiophene rings is 1. The van der Waals surface area contributed by atoms with Gasteiger partial charge in [0.2, 0.25) is 5.91 Å². The highest BCUT2D eigenvalue weighted by molar-refractivity contribution is 7.26. The Hall–Kier alpha value is -3.39. The second-order valence-electron chi connectivity index (χ2n) is 7.70. The first-order valence-corrected chi connectivity index (χ1v) is 11.8. The molecule has 172 valence electrons. The lowest BCUT2D eigenvalue weighted by Crippen LogP contribution is -2.38. The number of aryl methyl sites for hydroxylation is 1. The number of fused-ring (bicyclic) bond motifs is 3. The molecule has 0 unspecified atom stereocenters. The Morgan fingerprint density at radius 3 is 2.70 bits per heavy atom. The molecule has 7 nitrogen and oxygen atoms in total. The van der Waals surface area contributed by atoms with E-state index in [1.54, 1.807) is 18.4 Å². The van der Waals surface area contributed by atoms with Crippen LogP contribution in [0.25, 0.3) is 20.2 Å². The SMILES string of the molecule is CCOc1ccc(CNC(=O)[C@H](CC)n2nc(C)c3sc4ccccc4c3c2=O)cc1OC. The van der Waals surface area contributed by atoms with E-state index in [-0.39, 0.29) is 11.5 Å². The summed E-state index contributed by atoms with van der Waals surface area (Å²) in [6.07, 6.45) is 0.443. The van der Waals surface area contributed by atoms with Crippen molar-refractivity contribution in [1.82, 2.24) is 15.1 Å². The number of carbonyl (C=O) groups is 1. The number of amides is 1. The van der Waals surface area contributed by atoms with Gasteiger partial charge in [-0.3, -0.25) is 9.59 Å². The van der Waals surface area contributed by atoms with Crippen molar-refractivity contribution in [3.8, 4) is 11.5 Å². The zero-order chi connectivity index (χ0) is 23.5. The number of hydrogen-bond donors (Lipinski definition) is 1. The summed E-state index contributed by atoms with van der Waals surface area (Å²) in [5.41, 5.74) is 1.38. The van der Waals surface area contributed by atoms with E-state index in [4.69, 9.17) is 9.47 Å². The maximum atomic E-state index is 13.4. The van der Waals surface area contributed by atoms with Gasteiger partial charge in [-0.15, -0.1) is 11.3 Å². The number of hydrogen-bond acceptors (Lipinski definition) is 6. The summed E-state index contributed by atoms with van der Waals surface area (Å²) in [7, 11) is 1.58. The number of nitrogens with one attached hydrogen (secondary N) is 1. The normalized spacial score (nSPS) is 12.1. The van der Waals surface area contributed by atoms with E-state index in [0.717, 1.165) is 26.0 Å². The predicted molar refractivity (Wildman–Crippen MR) is 131 cm³/mol. The predicted octanol–water partition coefficient (Wildman–Crippen LogP) is 4.59. The molecule has 0 radical (unpaired) electrons. The monoisotopic (exact) mass is 465 g/mol. The van der Waals surface area contributed by atoms with Crippen molar-refractivity contribution in [1.29, 1.82) is 0 Å². The van der Waals surface area contributed by atoms with E-state index in [2.05, 4.69) is 10.4 Å². The van der Waals surface area contributed by atoms with Gasteiger partial charge in [-0.1, -0.05) is 31.2 Å². The quantitative estimate of drug-likeness (QED) is 0.411. The lowest BCUT2D eigenvalue weighted by molar-refractivity contribution is -0.125. The van der Waals surface area contributed by atoms with Crippen LogP contribution in [0.3, 0.4) is 0 Å². The van der Waals surface area contributed by atoms with Crippen molar-refractivity contribution in [3.05, 3.63) is 64.1 Å². The molecular formula is C25H27N3O4S. The molecule has 0 bridgehead atoms. The van der Waals surface area contributed by atoms with E-state index in [1.807, 2.05) is 63.2 Å². The first-order valence-electron chi connectivity index (χ1n) is 11.0. The van der Waals surface area contributed by atoms with Crippen molar-refractivity contribution in [2.24, 2.45) is 0 Å². The van der Waals surface area contributed by atoms with Crippen LogP contribution in [0.2, 0.25) is 0 Å². The second kappa shape index (κ2) is 9.62. The van der Waals surface area contributed by atoms with E-state index >= 15 is 0 Å². The smallest absolute Gasteiger partial charge is 0.276 e. The molecular weight excluding hydrogens is 438 g/mol. The third kappa shape index (κ3) is 4.30. The van der Waals surface area contributed by atoms with Crippen LogP contribution in [0.4, 0.5) is 0 Å². The van der Waals surface area contributed by atoms with Crippen molar-refractivity contribution in [2.75, 3.05) is 13.7 Å². The van der Waals surface area contributed by atoms with E-state index in [1.165, 1.54) is 4.68 Å². The first kappa shape index (κ1) is 22.8. The van der Waals surface area contributed by atoms with Gasteiger partial charge in [0.15, 0.2) is 11.5 Å². The molecule has 33 heavy (non-hydrogen) atoms. The summed E-state index contributed by atoms with van der Waals surface area (Å²) in [6, 6.07) is 12.7. The molecule has 0 fully saturated rings. The van der Waals surface area contributed by atoms with Gasteiger partial charge < -0.3 is 14.8 Å². The highest BCUT2D eigenvalue weighted by atomic mass is 32.1. The number of aromatic nitrogens is 2. The zero-order valence-electron chi connectivity index (χ0n) is 19.2. The number of nitrogens with zero attached hydrogens (tertiary/aromatic N) is 2. The summed E-state index contributed by atoms with van der Waals surface area (Å²) in [6.45, 7) is 6.51. The molecule has 8 heteroatoms. The summed E-state index contributed by atoms with van der Waals surface area (Å²) >= 11 is 1.56. The topological polar surface area (TPSA) is 82.5 Å². The molecule has 2 aromatic heterocycles. The van der Waals surface area contributed by atoms with Crippen LogP contribution in [0, 0.1) is 6.92 Å². The van der Waals surface area contributed by atoms with Gasteiger partial charge in [0, 0.05) is 16.6 Å². The molecule has 0 saturated carbocycles. The minimum absolute atomic E-state index is 0.238. The summed E-state index contributed by atoms with van der Waals surface area (Å²) < 4.78 is 14.2. The van der Waals surface area contributed by atoms with E-state index in [0.29, 0.717) is 36.5 Å². The molecule has 1 atom stereocenters. The Labute approximate surface area is 195 Å². The molecule has 0 saturated heterocycles. The minimum atomic E-state index is -0.705. The fourth-order valence-electron chi connectivity index (χ4n) is 3.96. The van der Waals surface area contributed by atoms with Crippen LogP contribution in [-0.2, 0) is 11.3 Å². The van der Waals surface area contributed by atoms with Crippen molar-refractivity contribution < 1.29 is 14.3 Å². The lowest BCUT2D eigenvalue weighted by Gasteiger charge is -2.18. The van der Waals surface area contributed by atoms with E-state index < -0.39 is 6.04 Å². The van der Waals surface area contributed by atoms with Crippen molar-refractivity contribution in [3.63, 3.8) is 0 Å². The van der Waals surface area contributed by atoms with E-state index in [9.17, 15) is 9.59 Å². The summed E-state index contributed by atoms with van der Waals surface area (Å²) in [4.78, 5) is 26.5. The molecule has 1 amide bonds. The molecule has 4 aromatic rings. The molecule has 0 spiro atoms. The molecule has 0 aliphatic heterocycles. The Balaban J connectivity index is 1.62. The van der Waals surface area contributed by atoms with Crippen LogP contribution in [0.15, 0.2) is 47.3 Å². The summed E-state index contributed by atoms with van der Waals surface area (Å²) in [5.74, 6) is 1.02. The van der Waals surface area contributed by atoms with Gasteiger partial charge in [-0.25, -0.2) is 4.68 Å². The van der Waals surface area contributed by atoms with Gasteiger partial charge in [0.05, 0.1) is 29.5 Å². The Kier molecular flexibility index (Phi) is 6.65. The average molecular weight is 466 g/mol. The number of carbonyl (C=O) groups excluding carboxylic acids is 1. The Morgan fingerprint density at radius 1 is 1.18 bits per heavy atom. The van der Waals surface area contributed by atoms with Gasteiger partial charge in [-0.2, -0.15) is 5.10 Å². The fourth-order valence-corrected chi connectivity index (χ4v) is 5.10. The highest BCUT2D eigenvalue weighted by Crippen LogP contribution is 2.33. The maximum Gasteiger partial charge on any atom is 0.276 e. The van der Waals surface area contributed by atoms with Gasteiger partial charge in [-0.05, 0) is 44.0 Å². The molecule has 1 N–H and O–H groups in total. The van der Waals surface area contributed by atoms with Crippen LogP contribution in [-0.4, -0.2) is 29.4 Å². The van der Waals surface area contributed by atoms with Gasteiger partial charge >= 0.3 is 0 Å². The van der Waals surface area contributed by atoms with Gasteiger partial charge in [0.1, 0.15) is 6.04 Å². The molecule has 2 heterocycles. The summed E-state index contributed by atoms with van der Waals surface area (Å²) in [5, 5.41) is 9.00. The maximum absolute atomic E-state index is 13.4. The number of ether oxygens (including phenoxy) is 2. The van der Waals surface area contributed by atoms with Crippen LogP contribution >= 0.6 is 11.3 Å². The Morgan fingerprint density at radius 2 is 1.97 bits per heavy atom. The molecule has 0 aliphatic rings. The minimum Gasteiger partial charge on any atom is -0.493 e. The third-order valence-electron chi connectivity index (χ3n) is 5.58. The molecule has 0 aliphatic carbocycles. The fraction of sp³-hybridized carbons (Fsp3) is 0.320. The standard InChI is InChI=1S/C25H27N3O4S/c1-5-18(24(29)26-14-16-11-12-19(32-6-2)20(13-16)31-4)28-25(30)22-17-9-7-8-10-21(17)33-23(22)15(3)27-28/h7-13,18H,5-6,14H2,1-4H3,(H,26,29)/t18-/m0/s1. The Bertz CT molecular complexity index is 1380. The van der Waals surface area contributed by atoms with Crippen LogP contribution < -0.4 is 20.3 Å². The third-order valence-corrected chi connectivity index (χ3v) is 6.86. The van der Waals surface area contributed by atoms with Crippen molar-refractivity contribution >= 4 is 37.4 Å². The number of benzene rings is 2. The van der Waals surface area contributed by atoms with Crippen LogP contribution in [0.5, 0.6) is 11.5 Å². The van der Waals surface area contributed by atoms with Gasteiger partial charge in [0.25, 0.3) is 5.56 Å². The molecule has 2 aromatic carbocycles. The van der Waals surface area contributed by atoms with Crippen LogP contribution in [0.1, 0.15) is 37.6 Å². The van der Waals surface area contributed by atoms with Crippen molar-refractivity contribution in [2.45, 2.75) is 39.8 Å². The molecule has 4 rings (SSSR count). The largest absolute Gasteiger partial charge is 0.493 e. The average Bonchev–Trinajstić information content (AvgIpc) is 3.22. The highest BCUT2D eigenvalue weighted by Gasteiger charge is 2.24. The number of rotatable bonds is 8. The first-order chi connectivity index (χ1) is 16.0. The zero-order valence-corrected chi connectivity index (χ0v) is 20.0.